The Bertz CT molecular complexity index is 1600. The quantitative estimate of drug-likeness (QED) is 0.205. The third-order valence-corrected chi connectivity index (χ3v) is 7.56. The maximum Gasteiger partial charge on any atom is 0.318 e. The standard InChI is InChI=1S/C28H23N5O8S/c34-26(30-13-11-29(12-14-30)20-6-2-1-3-7-20)18-31-27(35)25(42-28(31)36)16-19-5-4-8-22(15-19)41-24-10-9-21(32(37)38)17-23(24)33(39)40/h1-10,15-17H,11-14,18H2/b25-16+. The van der Waals surface area contributed by atoms with Crippen molar-refractivity contribution in [3.63, 3.8) is 0 Å². The van der Waals surface area contributed by atoms with Crippen LogP contribution in [0.4, 0.5) is 21.9 Å². The molecule has 0 N–H and O–H groups in total. The number of carbonyl (C=O) groups is 3. The minimum atomic E-state index is -0.785. The van der Waals surface area contributed by atoms with Gasteiger partial charge in [0, 0.05) is 37.9 Å². The Labute approximate surface area is 243 Å². The fourth-order valence-corrected chi connectivity index (χ4v) is 5.36. The van der Waals surface area contributed by atoms with Gasteiger partial charge in [-0.2, -0.15) is 0 Å². The van der Waals surface area contributed by atoms with Gasteiger partial charge in [0.05, 0.1) is 20.8 Å². The maximum absolute atomic E-state index is 13.0. The summed E-state index contributed by atoms with van der Waals surface area (Å²) in [6, 6.07) is 19.1. The van der Waals surface area contributed by atoms with Gasteiger partial charge in [0.25, 0.3) is 16.8 Å². The predicted molar refractivity (Wildman–Crippen MR) is 154 cm³/mol. The fraction of sp³-hybridized carbons (Fsp3) is 0.179. The van der Waals surface area contributed by atoms with Crippen LogP contribution in [0.25, 0.3) is 6.08 Å². The Kier molecular flexibility index (Phi) is 8.15. The molecule has 5 rings (SSSR count). The van der Waals surface area contributed by atoms with Gasteiger partial charge >= 0.3 is 5.69 Å². The molecule has 14 heteroatoms. The van der Waals surface area contributed by atoms with E-state index in [-0.39, 0.29) is 28.9 Å². The summed E-state index contributed by atoms with van der Waals surface area (Å²) in [7, 11) is 0. The molecule has 42 heavy (non-hydrogen) atoms. The molecule has 13 nitrogen and oxygen atoms in total. The average molecular weight is 590 g/mol. The lowest BCUT2D eigenvalue weighted by Crippen LogP contribution is -2.51. The first-order valence-electron chi connectivity index (χ1n) is 12.7. The van der Waals surface area contributed by atoms with Crippen molar-refractivity contribution in [1.82, 2.24) is 9.80 Å². The zero-order valence-corrected chi connectivity index (χ0v) is 22.8. The van der Waals surface area contributed by atoms with Gasteiger partial charge in [-0.25, -0.2) is 0 Å². The number of piperazine rings is 1. The van der Waals surface area contributed by atoms with Crippen molar-refractivity contribution in [1.29, 1.82) is 0 Å². The van der Waals surface area contributed by atoms with E-state index in [1.165, 1.54) is 18.2 Å². The summed E-state index contributed by atoms with van der Waals surface area (Å²) in [6.45, 7) is 1.86. The van der Waals surface area contributed by atoms with Crippen LogP contribution in [0, 0.1) is 20.2 Å². The fourth-order valence-electron chi connectivity index (χ4n) is 4.52. The van der Waals surface area contributed by atoms with E-state index < -0.39 is 32.4 Å². The number of hydrogen-bond acceptors (Lipinski definition) is 10. The number of ether oxygens (including phenoxy) is 1. The first kappa shape index (κ1) is 28.3. The van der Waals surface area contributed by atoms with E-state index in [4.69, 9.17) is 4.74 Å². The van der Waals surface area contributed by atoms with Crippen LogP contribution in [-0.4, -0.2) is 69.4 Å². The molecule has 3 amide bonds. The highest BCUT2D eigenvalue weighted by Gasteiger charge is 2.37. The van der Waals surface area contributed by atoms with Crippen molar-refractivity contribution in [2.75, 3.05) is 37.6 Å². The Hall–Kier alpha value is -5.24. The highest BCUT2D eigenvalue weighted by Crippen LogP contribution is 2.36. The zero-order valence-electron chi connectivity index (χ0n) is 22.0. The molecule has 214 valence electrons. The smallest absolute Gasteiger partial charge is 0.318 e. The van der Waals surface area contributed by atoms with Crippen molar-refractivity contribution < 1.29 is 29.0 Å². The van der Waals surface area contributed by atoms with Crippen LogP contribution < -0.4 is 9.64 Å². The number of carbonyl (C=O) groups excluding carboxylic acids is 3. The van der Waals surface area contributed by atoms with Gasteiger partial charge in [-0.3, -0.25) is 39.5 Å². The van der Waals surface area contributed by atoms with Gasteiger partial charge in [-0.05, 0) is 53.7 Å². The van der Waals surface area contributed by atoms with Crippen molar-refractivity contribution in [2.24, 2.45) is 0 Å². The van der Waals surface area contributed by atoms with Crippen molar-refractivity contribution >= 4 is 52.0 Å². The molecule has 3 aromatic carbocycles. The third kappa shape index (κ3) is 6.23. The Morgan fingerprint density at radius 1 is 0.905 bits per heavy atom. The molecule has 0 spiro atoms. The summed E-state index contributed by atoms with van der Waals surface area (Å²) in [5, 5.41) is 21.8. The van der Waals surface area contributed by atoms with Crippen LogP contribution in [0.5, 0.6) is 11.5 Å². The predicted octanol–water partition coefficient (Wildman–Crippen LogP) is 4.68. The molecule has 2 aliphatic heterocycles. The molecule has 0 unspecified atom stereocenters. The molecule has 0 bridgehead atoms. The summed E-state index contributed by atoms with van der Waals surface area (Å²) in [5.74, 6) is -0.944. The number of non-ortho nitro benzene ring substituents is 1. The first-order chi connectivity index (χ1) is 20.2. The lowest BCUT2D eigenvalue weighted by atomic mass is 10.2. The van der Waals surface area contributed by atoms with Crippen LogP contribution in [-0.2, 0) is 9.59 Å². The van der Waals surface area contributed by atoms with E-state index >= 15 is 0 Å². The van der Waals surface area contributed by atoms with Crippen LogP contribution in [0.1, 0.15) is 5.56 Å². The highest BCUT2D eigenvalue weighted by molar-refractivity contribution is 8.18. The van der Waals surface area contributed by atoms with Gasteiger partial charge in [-0.1, -0.05) is 30.3 Å². The highest BCUT2D eigenvalue weighted by atomic mass is 32.2. The zero-order chi connectivity index (χ0) is 29.8. The molecular weight excluding hydrogens is 566 g/mol. The molecule has 2 saturated heterocycles. The minimum Gasteiger partial charge on any atom is -0.450 e. The summed E-state index contributed by atoms with van der Waals surface area (Å²) in [6.07, 6.45) is 1.46. The number of benzene rings is 3. The summed E-state index contributed by atoms with van der Waals surface area (Å²) < 4.78 is 5.62. The molecule has 0 radical (unpaired) electrons. The van der Waals surface area contributed by atoms with E-state index in [2.05, 4.69) is 4.90 Å². The second kappa shape index (κ2) is 12.1. The summed E-state index contributed by atoms with van der Waals surface area (Å²) in [5.41, 5.74) is 0.500. The Balaban J connectivity index is 1.24. The molecule has 2 fully saturated rings. The number of anilines is 1. The lowest BCUT2D eigenvalue weighted by Gasteiger charge is -2.36. The van der Waals surface area contributed by atoms with Gasteiger partial charge in [0.1, 0.15) is 12.3 Å². The Morgan fingerprint density at radius 3 is 2.33 bits per heavy atom. The number of imide groups is 1. The molecular formula is C28H23N5O8S. The van der Waals surface area contributed by atoms with Crippen LogP contribution in [0.3, 0.4) is 0 Å². The monoisotopic (exact) mass is 589 g/mol. The van der Waals surface area contributed by atoms with Crippen molar-refractivity contribution in [3.05, 3.63) is 103 Å². The number of amides is 3. The Morgan fingerprint density at radius 2 is 1.64 bits per heavy atom. The number of para-hydroxylation sites is 1. The lowest BCUT2D eigenvalue weighted by molar-refractivity contribution is -0.394. The molecule has 0 aromatic heterocycles. The topological polar surface area (TPSA) is 156 Å². The maximum atomic E-state index is 13.0. The molecule has 0 atom stereocenters. The molecule has 2 heterocycles. The van der Waals surface area contributed by atoms with E-state index in [0.29, 0.717) is 43.5 Å². The second-order valence-corrected chi connectivity index (χ2v) is 10.3. The van der Waals surface area contributed by atoms with E-state index in [1.807, 2.05) is 30.3 Å². The summed E-state index contributed by atoms with van der Waals surface area (Å²) >= 11 is 0.709. The second-order valence-electron chi connectivity index (χ2n) is 9.31. The van der Waals surface area contributed by atoms with Crippen molar-refractivity contribution in [3.8, 4) is 11.5 Å². The SMILES string of the molecule is O=C(CN1C(=O)S/C(=C/c2cccc(Oc3ccc([N+](=O)[O-])cc3[N+](=O)[O-])c2)C1=O)N1CCN(c2ccccc2)CC1. The molecule has 3 aromatic rings. The number of nitro groups is 2. The van der Waals surface area contributed by atoms with Crippen LogP contribution in [0.15, 0.2) is 77.7 Å². The van der Waals surface area contributed by atoms with Crippen molar-refractivity contribution in [2.45, 2.75) is 0 Å². The molecule has 2 aliphatic rings. The van der Waals surface area contributed by atoms with Gasteiger partial charge < -0.3 is 14.5 Å². The third-order valence-electron chi connectivity index (χ3n) is 6.65. The van der Waals surface area contributed by atoms with Gasteiger partial charge in [0.15, 0.2) is 0 Å². The minimum absolute atomic E-state index is 0.111. The number of nitro benzene ring substituents is 2. The number of thioether (sulfide) groups is 1. The van der Waals surface area contributed by atoms with Crippen LogP contribution >= 0.6 is 11.8 Å². The van der Waals surface area contributed by atoms with Crippen LogP contribution in [0.2, 0.25) is 0 Å². The normalized spacial score (nSPS) is 16.2. The first-order valence-corrected chi connectivity index (χ1v) is 13.5. The molecule has 0 saturated carbocycles. The number of nitrogens with zero attached hydrogens (tertiary/aromatic N) is 5. The van der Waals surface area contributed by atoms with Gasteiger partial charge in [-0.15, -0.1) is 0 Å². The number of rotatable bonds is 8. The van der Waals surface area contributed by atoms with E-state index in [1.54, 1.807) is 17.0 Å². The molecule has 0 aliphatic carbocycles. The van der Waals surface area contributed by atoms with E-state index in [9.17, 15) is 34.6 Å². The van der Waals surface area contributed by atoms with Gasteiger partial charge in [0.2, 0.25) is 11.7 Å². The summed E-state index contributed by atoms with van der Waals surface area (Å²) in [4.78, 5) is 64.3. The largest absolute Gasteiger partial charge is 0.450 e. The number of hydrogen-bond donors (Lipinski definition) is 0. The average Bonchev–Trinajstić information content (AvgIpc) is 3.25. The van der Waals surface area contributed by atoms with E-state index in [0.717, 1.165) is 28.8 Å².